The molecule has 1 atom stereocenters. The van der Waals surface area contributed by atoms with Gasteiger partial charge in [-0.3, -0.25) is 4.79 Å². The maximum atomic E-state index is 12.3. The number of carbonyl (C=O) groups excluding carboxylic acids is 2. The lowest BCUT2D eigenvalue weighted by molar-refractivity contribution is -0.192. The molecule has 2 amide bonds. The molecule has 0 aliphatic carbocycles. The maximum absolute atomic E-state index is 12.3. The van der Waals surface area contributed by atoms with E-state index in [0.717, 1.165) is 12.8 Å². The van der Waals surface area contributed by atoms with Crippen LogP contribution >= 0.6 is 0 Å². The number of nitrogens with zero attached hydrogens (tertiary/aromatic N) is 2. The first-order valence-electron chi connectivity index (χ1n) is 8.64. The molecule has 2 saturated heterocycles. The molecule has 0 aromatic heterocycles. The van der Waals surface area contributed by atoms with Gasteiger partial charge in [-0.05, 0) is 47.0 Å². The van der Waals surface area contributed by atoms with Crippen molar-refractivity contribution in [1.82, 2.24) is 9.80 Å². The fourth-order valence-corrected chi connectivity index (χ4v) is 3.24. The van der Waals surface area contributed by atoms with Gasteiger partial charge >= 0.3 is 6.09 Å². The molecule has 2 fully saturated rings. The third-order valence-corrected chi connectivity index (χ3v) is 4.54. The van der Waals surface area contributed by atoms with E-state index in [-0.39, 0.29) is 23.7 Å². The number of ether oxygens (including phenoxy) is 2. The van der Waals surface area contributed by atoms with Crippen LogP contribution in [-0.2, 0) is 14.3 Å². The largest absolute Gasteiger partial charge is 0.444 e. The number of rotatable bonds is 2. The van der Waals surface area contributed by atoms with Crippen LogP contribution in [0.1, 0.15) is 53.9 Å². The molecule has 6 nitrogen and oxygen atoms in total. The SMILES string of the molecule is CCC1OC2(CCN(C(=O)OC(C)(C)C)CC2)CN(CC)C1=O. The number of likely N-dealkylation sites (tertiary alicyclic amines) is 1. The second-order valence-electron chi connectivity index (χ2n) is 7.52. The van der Waals surface area contributed by atoms with Crippen molar-refractivity contribution in [1.29, 1.82) is 0 Å². The van der Waals surface area contributed by atoms with Gasteiger partial charge in [0, 0.05) is 26.2 Å². The van der Waals surface area contributed by atoms with Crippen molar-refractivity contribution < 1.29 is 19.1 Å². The monoisotopic (exact) mass is 326 g/mol. The second kappa shape index (κ2) is 6.67. The summed E-state index contributed by atoms with van der Waals surface area (Å²) in [5.41, 5.74) is -0.796. The summed E-state index contributed by atoms with van der Waals surface area (Å²) in [6.07, 6.45) is 1.56. The van der Waals surface area contributed by atoms with E-state index >= 15 is 0 Å². The zero-order chi connectivity index (χ0) is 17.3. The van der Waals surface area contributed by atoms with Crippen molar-refractivity contribution in [3.05, 3.63) is 0 Å². The number of morpholine rings is 1. The normalized spacial score (nSPS) is 24.9. The van der Waals surface area contributed by atoms with Gasteiger partial charge in [-0.15, -0.1) is 0 Å². The molecular formula is C17H30N2O4. The van der Waals surface area contributed by atoms with Gasteiger partial charge in [-0.25, -0.2) is 4.79 Å². The van der Waals surface area contributed by atoms with Crippen LogP contribution in [0.4, 0.5) is 4.79 Å². The Balaban J connectivity index is 1.99. The van der Waals surface area contributed by atoms with Crippen molar-refractivity contribution in [3.63, 3.8) is 0 Å². The van der Waals surface area contributed by atoms with E-state index in [1.807, 2.05) is 39.5 Å². The predicted molar refractivity (Wildman–Crippen MR) is 87.2 cm³/mol. The zero-order valence-corrected chi connectivity index (χ0v) is 15.1. The van der Waals surface area contributed by atoms with E-state index in [0.29, 0.717) is 32.6 Å². The minimum Gasteiger partial charge on any atom is -0.444 e. The summed E-state index contributed by atoms with van der Waals surface area (Å²) in [6, 6.07) is 0. The van der Waals surface area contributed by atoms with Crippen molar-refractivity contribution in [2.45, 2.75) is 71.2 Å². The molecule has 0 N–H and O–H groups in total. The van der Waals surface area contributed by atoms with E-state index in [9.17, 15) is 9.59 Å². The first-order chi connectivity index (χ1) is 10.7. The minimum atomic E-state index is -0.480. The van der Waals surface area contributed by atoms with Crippen LogP contribution < -0.4 is 0 Å². The molecule has 23 heavy (non-hydrogen) atoms. The Morgan fingerprint density at radius 3 is 2.39 bits per heavy atom. The fraction of sp³-hybridized carbons (Fsp3) is 0.882. The van der Waals surface area contributed by atoms with Gasteiger partial charge in [0.05, 0.1) is 5.60 Å². The van der Waals surface area contributed by atoms with Crippen LogP contribution in [0.15, 0.2) is 0 Å². The van der Waals surface area contributed by atoms with Crippen LogP contribution in [0, 0.1) is 0 Å². The highest BCUT2D eigenvalue weighted by atomic mass is 16.6. The molecule has 0 aromatic rings. The Morgan fingerprint density at radius 2 is 1.91 bits per heavy atom. The Kier molecular flexibility index (Phi) is 5.23. The van der Waals surface area contributed by atoms with Gasteiger partial charge in [0.1, 0.15) is 11.7 Å². The quantitative estimate of drug-likeness (QED) is 0.782. The summed E-state index contributed by atoms with van der Waals surface area (Å²) < 4.78 is 11.6. The number of piperidine rings is 1. The smallest absolute Gasteiger partial charge is 0.410 e. The van der Waals surface area contributed by atoms with Crippen molar-refractivity contribution in [2.24, 2.45) is 0 Å². The lowest BCUT2D eigenvalue weighted by Crippen LogP contribution is -2.62. The van der Waals surface area contributed by atoms with Gasteiger partial charge in [0.2, 0.25) is 0 Å². The number of hydrogen-bond donors (Lipinski definition) is 0. The molecule has 2 rings (SSSR count). The van der Waals surface area contributed by atoms with E-state index < -0.39 is 5.60 Å². The van der Waals surface area contributed by atoms with Gasteiger partial charge in [-0.1, -0.05) is 6.92 Å². The zero-order valence-electron chi connectivity index (χ0n) is 15.1. The van der Waals surface area contributed by atoms with Crippen molar-refractivity contribution in [3.8, 4) is 0 Å². The van der Waals surface area contributed by atoms with Gasteiger partial charge in [0.15, 0.2) is 0 Å². The molecule has 1 unspecified atom stereocenters. The molecule has 132 valence electrons. The van der Waals surface area contributed by atoms with E-state index in [2.05, 4.69) is 0 Å². The Morgan fingerprint density at radius 1 is 1.30 bits per heavy atom. The summed E-state index contributed by atoms with van der Waals surface area (Å²) in [6.45, 7) is 12.1. The highest BCUT2D eigenvalue weighted by molar-refractivity contribution is 5.81. The lowest BCUT2D eigenvalue weighted by atomic mass is 9.88. The van der Waals surface area contributed by atoms with Gasteiger partial charge < -0.3 is 19.3 Å². The first-order valence-corrected chi connectivity index (χ1v) is 8.64. The highest BCUT2D eigenvalue weighted by Gasteiger charge is 2.46. The second-order valence-corrected chi connectivity index (χ2v) is 7.52. The average Bonchev–Trinajstić information content (AvgIpc) is 2.48. The van der Waals surface area contributed by atoms with Crippen LogP contribution in [0.3, 0.4) is 0 Å². The summed E-state index contributed by atoms with van der Waals surface area (Å²) in [5, 5.41) is 0. The summed E-state index contributed by atoms with van der Waals surface area (Å²) in [5.74, 6) is 0.0928. The molecule has 2 heterocycles. The number of hydrogen-bond acceptors (Lipinski definition) is 4. The third-order valence-electron chi connectivity index (χ3n) is 4.54. The van der Waals surface area contributed by atoms with Crippen LogP contribution in [0.5, 0.6) is 0 Å². The summed E-state index contributed by atoms with van der Waals surface area (Å²) >= 11 is 0. The van der Waals surface area contributed by atoms with E-state index in [1.54, 1.807) is 4.90 Å². The molecule has 2 aliphatic rings. The van der Waals surface area contributed by atoms with Crippen LogP contribution in [0.2, 0.25) is 0 Å². The average molecular weight is 326 g/mol. The fourth-order valence-electron chi connectivity index (χ4n) is 3.24. The number of amides is 2. The lowest BCUT2D eigenvalue weighted by Gasteiger charge is -2.49. The standard InChI is InChI=1S/C17H30N2O4/c1-6-13-14(20)18(7-2)12-17(22-13)8-10-19(11-9-17)15(21)23-16(3,4)5/h13H,6-12H2,1-5H3. The third kappa shape index (κ3) is 4.16. The Hall–Kier alpha value is -1.30. The summed E-state index contributed by atoms with van der Waals surface area (Å²) in [4.78, 5) is 28.1. The molecule has 2 aliphatic heterocycles. The first kappa shape index (κ1) is 18.0. The molecule has 0 bridgehead atoms. The Bertz CT molecular complexity index is 432. The van der Waals surface area contributed by atoms with E-state index in [4.69, 9.17) is 9.47 Å². The molecular weight excluding hydrogens is 296 g/mol. The van der Waals surface area contributed by atoms with Crippen LogP contribution in [0.25, 0.3) is 0 Å². The van der Waals surface area contributed by atoms with Gasteiger partial charge in [-0.2, -0.15) is 0 Å². The highest BCUT2D eigenvalue weighted by Crippen LogP contribution is 2.34. The molecule has 0 radical (unpaired) electrons. The topological polar surface area (TPSA) is 59.1 Å². The minimum absolute atomic E-state index is 0.0928. The molecule has 6 heteroatoms. The number of likely N-dealkylation sites (N-methyl/N-ethyl adjacent to an activating group) is 1. The summed E-state index contributed by atoms with van der Waals surface area (Å²) in [7, 11) is 0. The maximum Gasteiger partial charge on any atom is 0.410 e. The van der Waals surface area contributed by atoms with Gasteiger partial charge in [0.25, 0.3) is 5.91 Å². The predicted octanol–water partition coefficient (Wildman–Crippen LogP) is 2.41. The van der Waals surface area contributed by atoms with Crippen molar-refractivity contribution in [2.75, 3.05) is 26.2 Å². The number of carbonyl (C=O) groups is 2. The molecule has 0 aromatic carbocycles. The van der Waals surface area contributed by atoms with Crippen molar-refractivity contribution >= 4 is 12.0 Å². The molecule has 1 spiro atoms. The van der Waals surface area contributed by atoms with Crippen LogP contribution in [-0.4, -0.2) is 65.3 Å². The van der Waals surface area contributed by atoms with E-state index in [1.165, 1.54) is 0 Å². The Labute approximate surface area is 139 Å². The molecule has 0 saturated carbocycles.